The monoisotopic (exact) mass is 154 g/mol. The topological polar surface area (TPSA) is 15.3 Å². The highest BCUT2D eigenvalue weighted by atomic mass is 15.3. The van der Waals surface area contributed by atoms with Crippen LogP contribution in [-0.2, 0) is 0 Å². The molecule has 0 aromatic carbocycles. The molecule has 0 radical (unpaired) electrons. The van der Waals surface area contributed by atoms with Gasteiger partial charge in [-0.05, 0) is 39.3 Å². The van der Waals surface area contributed by atoms with Gasteiger partial charge in [-0.25, -0.2) is 0 Å². The van der Waals surface area contributed by atoms with Gasteiger partial charge >= 0.3 is 0 Å². The fourth-order valence-corrected chi connectivity index (χ4v) is 2.30. The molecule has 2 heteroatoms. The lowest BCUT2D eigenvalue weighted by molar-refractivity contribution is 0.238. The van der Waals surface area contributed by atoms with Crippen LogP contribution in [-0.4, -0.2) is 37.1 Å². The zero-order valence-electron chi connectivity index (χ0n) is 7.40. The number of likely N-dealkylation sites (N-methyl/N-ethyl adjacent to an activating group) is 1. The smallest absolute Gasteiger partial charge is 0.0212 e. The van der Waals surface area contributed by atoms with Gasteiger partial charge in [0.15, 0.2) is 0 Å². The molecule has 2 rings (SSSR count). The lowest BCUT2D eigenvalue weighted by Gasteiger charge is -2.23. The zero-order valence-corrected chi connectivity index (χ0v) is 7.40. The predicted octanol–water partition coefficient (Wildman–Crippen LogP) is 0.834. The Morgan fingerprint density at radius 3 is 2.82 bits per heavy atom. The predicted molar refractivity (Wildman–Crippen MR) is 46.7 cm³/mol. The molecule has 2 aliphatic rings. The van der Waals surface area contributed by atoms with Crippen LogP contribution in [0.1, 0.15) is 25.7 Å². The molecule has 1 heterocycles. The van der Waals surface area contributed by atoms with Crippen molar-refractivity contribution in [3.05, 3.63) is 0 Å². The molecule has 0 aromatic rings. The van der Waals surface area contributed by atoms with E-state index in [4.69, 9.17) is 0 Å². The van der Waals surface area contributed by atoms with E-state index in [2.05, 4.69) is 10.2 Å². The van der Waals surface area contributed by atoms with Gasteiger partial charge in [-0.15, -0.1) is 0 Å². The Kier molecular flexibility index (Phi) is 1.90. The molecule has 1 N–H and O–H groups in total. The van der Waals surface area contributed by atoms with E-state index in [1.807, 2.05) is 7.05 Å². The van der Waals surface area contributed by atoms with Gasteiger partial charge in [0.1, 0.15) is 0 Å². The first kappa shape index (κ1) is 7.56. The Morgan fingerprint density at radius 1 is 1.36 bits per heavy atom. The molecule has 0 atom stereocenters. The van der Waals surface area contributed by atoms with Crippen LogP contribution >= 0.6 is 0 Å². The van der Waals surface area contributed by atoms with E-state index in [1.165, 1.54) is 38.8 Å². The molecule has 0 amide bonds. The Balaban J connectivity index is 1.83. The molecule has 2 nitrogen and oxygen atoms in total. The van der Waals surface area contributed by atoms with E-state index in [1.54, 1.807) is 0 Å². The third kappa shape index (κ3) is 1.30. The first-order chi connectivity index (χ1) is 5.37. The van der Waals surface area contributed by atoms with Crippen LogP contribution in [0.4, 0.5) is 0 Å². The van der Waals surface area contributed by atoms with Gasteiger partial charge in [-0.1, -0.05) is 0 Å². The Morgan fingerprint density at radius 2 is 2.18 bits per heavy atom. The Bertz CT molecular complexity index is 140. The molecule has 1 saturated carbocycles. The Labute approximate surface area is 69.0 Å². The highest BCUT2D eigenvalue weighted by Crippen LogP contribution is 2.49. The quantitative estimate of drug-likeness (QED) is 0.648. The molecular formula is C9H18N2. The van der Waals surface area contributed by atoms with Gasteiger partial charge in [0.05, 0.1) is 0 Å². The molecule has 1 aliphatic carbocycles. The summed E-state index contributed by atoms with van der Waals surface area (Å²) in [6.45, 7) is 3.76. The maximum atomic E-state index is 3.22. The number of nitrogens with one attached hydrogen (secondary N) is 1. The summed E-state index contributed by atoms with van der Waals surface area (Å²) in [6, 6.07) is 0. The molecule has 64 valence electrons. The van der Waals surface area contributed by atoms with Gasteiger partial charge in [0, 0.05) is 18.6 Å². The summed E-state index contributed by atoms with van der Waals surface area (Å²) in [4.78, 5) is 2.68. The third-order valence-corrected chi connectivity index (χ3v) is 3.20. The van der Waals surface area contributed by atoms with Crippen LogP contribution in [0.15, 0.2) is 0 Å². The van der Waals surface area contributed by atoms with Crippen LogP contribution in [0.2, 0.25) is 0 Å². The lowest BCUT2D eigenvalue weighted by atomic mass is 10.2. The summed E-state index contributed by atoms with van der Waals surface area (Å²) in [5, 5.41) is 3.22. The maximum Gasteiger partial charge on any atom is 0.0212 e. The van der Waals surface area contributed by atoms with Crippen LogP contribution in [0.3, 0.4) is 0 Å². The summed E-state index contributed by atoms with van der Waals surface area (Å²) >= 11 is 0. The summed E-state index contributed by atoms with van der Waals surface area (Å²) in [7, 11) is 2.04. The van der Waals surface area contributed by atoms with Crippen molar-refractivity contribution in [2.45, 2.75) is 31.2 Å². The fourth-order valence-electron chi connectivity index (χ4n) is 2.30. The second kappa shape index (κ2) is 2.76. The first-order valence-corrected chi connectivity index (χ1v) is 4.77. The molecule has 11 heavy (non-hydrogen) atoms. The lowest BCUT2D eigenvalue weighted by Crippen LogP contribution is -2.36. The molecule has 1 saturated heterocycles. The van der Waals surface area contributed by atoms with E-state index >= 15 is 0 Å². The SMILES string of the molecule is CNCCN1CCCC12CC2. The Hall–Kier alpha value is -0.0800. The van der Waals surface area contributed by atoms with Crippen LogP contribution in [0.25, 0.3) is 0 Å². The molecule has 0 bridgehead atoms. The van der Waals surface area contributed by atoms with Crippen molar-refractivity contribution in [1.29, 1.82) is 0 Å². The van der Waals surface area contributed by atoms with Crippen molar-refractivity contribution in [1.82, 2.24) is 10.2 Å². The van der Waals surface area contributed by atoms with Crippen molar-refractivity contribution in [2.75, 3.05) is 26.7 Å². The molecular weight excluding hydrogens is 136 g/mol. The van der Waals surface area contributed by atoms with Crippen LogP contribution in [0, 0.1) is 0 Å². The van der Waals surface area contributed by atoms with E-state index < -0.39 is 0 Å². The maximum absolute atomic E-state index is 3.22. The summed E-state index contributed by atoms with van der Waals surface area (Å²) < 4.78 is 0. The molecule has 0 aromatic heterocycles. The normalized spacial score (nSPS) is 28.1. The van der Waals surface area contributed by atoms with E-state index in [0.29, 0.717) is 5.54 Å². The second-order valence-electron chi connectivity index (χ2n) is 3.92. The zero-order chi connectivity index (χ0) is 7.73. The van der Waals surface area contributed by atoms with Crippen molar-refractivity contribution >= 4 is 0 Å². The number of likely N-dealkylation sites (tertiary alicyclic amines) is 1. The minimum Gasteiger partial charge on any atom is -0.318 e. The number of hydrogen-bond acceptors (Lipinski definition) is 2. The van der Waals surface area contributed by atoms with E-state index in [0.717, 1.165) is 6.54 Å². The summed E-state index contributed by atoms with van der Waals surface area (Å²) in [5.41, 5.74) is 0.705. The standard InChI is InChI=1S/C9H18N2/c1-10-6-8-11-7-2-3-9(11)4-5-9/h10H,2-8H2,1H3. The molecule has 2 fully saturated rings. The number of nitrogens with zero attached hydrogens (tertiary/aromatic N) is 1. The van der Waals surface area contributed by atoms with E-state index in [9.17, 15) is 0 Å². The average molecular weight is 154 g/mol. The van der Waals surface area contributed by atoms with Crippen molar-refractivity contribution in [3.63, 3.8) is 0 Å². The van der Waals surface area contributed by atoms with Gasteiger partial charge in [0.2, 0.25) is 0 Å². The first-order valence-electron chi connectivity index (χ1n) is 4.77. The minimum atomic E-state index is 0.705. The van der Waals surface area contributed by atoms with Crippen molar-refractivity contribution < 1.29 is 0 Å². The van der Waals surface area contributed by atoms with Crippen LogP contribution in [0.5, 0.6) is 0 Å². The fraction of sp³-hybridized carbons (Fsp3) is 1.00. The summed E-state index contributed by atoms with van der Waals surface area (Å²) in [5.74, 6) is 0. The van der Waals surface area contributed by atoms with Gasteiger partial charge in [-0.3, -0.25) is 4.90 Å². The molecule has 1 spiro atoms. The van der Waals surface area contributed by atoms with Gasteiger partial charge in [0.25, 0.3) is 0 Å². The number of hydrogen-bond donors (Lipinski definition) is 1. The highest BCUT2D eigenvalue weighted by molar-refractivity contribution is 5.07. The molecule has 1 aliphatic heterocycles. The summed E-state index contributed by atoms with van der Waals surface area (Å²) in [6.07, 6.45) is 5.84. The van der Waals surface area contributed by atoms with Gasteiger partial charge in [-0.2, -0.15) is 0 Å². The number of rotatable bonds is 3. The third-order valence-electron chi connectivity index (χ3n) is 3.20. The molecule has 0 unspecified atom stereocenters. The highest BCUT2D eigenvalue weighted by Gasteiger charge is 2.49. The second-order valence-corrected chi connectivity index (χ2v) is 3.92. The van der Waals surface area contributed by atoms with Crippen molar-refractivity contribution in [2.24, 2.45) is 0 Å². The minimum absolute atomic E-state index is 0.705. The van der Waals surface area contributed by atoms with Gasteiger partial charge < -0.3 is 5.32 Å². The van der Waals surface area contributed by atoms with Crippen LogP contribution < -0.4 is 5.32 Å². The van der Waals surface area contributed by atoms with E-state index in [-0.39, 0.29) is 0 Å². The van der Waals surface area contributed by atoms with Crippen molar-refractivity contribution in [3.8, 4) is 0 Å². The average Bonchev–Trinajstić information content (AvgIpc) is 2.64. The largest absolute Gasteiger partial charge is 0.318 e.